The van der Waals surface area contributed by atoms with Crippen molar-refractivity contribution < 1.29 is 0 Å². The first kappa shape index (κ1) is 22.3. The Morgan fingerprint density at radius 1 is 0.562 bits per heavy atom. The SMILES string of the molecule is CCC1=CCC(C(c2cc(C)cc(C)c2)(c2cc(C)cc(C)c2)c2cc(C)cc(C)c2)=C1. The Bertz CT molecular complexity index is 1050. The minimum absolute atomic E-state index is 0.308. The first-order valence-electron chi connectivity index (χ1n) is 11.9. The Hall–Kier alpha value is -2.86. The Labute approximate surface area is 194 Å². The van der Waals surface area contributed by atoms with Crippen LogP contribution in [0.5, 0.6) is 0 Å². The van der Waals surface area contributed by atoms with Crippen LogP contribution in [0.15, 0.2) is 77.9 Å². The number of benzene rings is 3. The zero-order valence-electron chi connectivity index (χ0n) is 20.8. The molecule has 3 aromatic rings. The molecule has 1 aliphatic carbocycles. The van der Waals surface area contributed by atoms with Gasteiger partial charge in [0.25, 0.3) is 0 Å². The van der Waals surface area contributed by atoms with Crippen LogP contribution in [0.25, 0.3) is 0 Å². The van der Waals surface area contributed by atoms with E-state index in [-0.39, 0.29) is 5.41 Å². The monoisotopic (exact) mass is 420 g/mol. The van der Waals surface area contributed by atoms with Crippen molar-refractivity contribution in [2.75, 3.05) is 0 Å². The summed E-state index contributed by atoms with van der Waals surface area (Å²) in [5.74, 6) is 0. The van der Waals surface area contributed by atoms with Crippen molar-refractivity contribution in [3.05, 3.63) is 128 Å². The van der Waals surface area contributed by atoms with E-state index in [2.05, 4.69) is 115 Å². The maximum absolute atomic E-state index is 2.48. The van der Waals surface area contributed by atoms with Gasteiger partial charge in [-0.2, -0.15) is 0 Å². The summed E-state index contributed by atoms with van der Waals surface area (Å²) in [6.07, 6.45) is 6.98. The third-order valence-electron chi connectivity index (χ3n) is 6.80. The van der Waals surface area contributed by atoms with Gasteiger partial charge in [-0.1, -0.05) is 113 Å². The molecule has 0 aliphatic heterocycles. The number of allylic oxidation sites excluding steroid dienone is 4. The van der Waals surface area contributed by atoms with E-state index in [1.807, 2.05) is 0 Å². The van der Waals surface area contributed by atoms with Crippen molar-refractivity contribution in [2.24, 2.45) is 0 Å². The van der Waals surface area contributed by atoms with Crippen LogP contribution in [0.1, 0.15) is 69.8 Å². The van der Waals surface area contributed by atoms with Crippen LogP contribution in [-0.4, -0.2) is 0 Å². The minimum atomic E-state index is -0.308. The van der Waals surface area contributed by atoms with E-state index in [1.165, 1.54) is 61.2 Å². The number of hydrogen-bond donors (Lipinski definition) is 0. The first-order chi connectivity index (χ1) is 15.2. The fourth-order valence-corrected chi connectivity index (χ4v) is 5.72. The summed E-state index contributed by atoms with van der Waals surface area (Å²) in [7, 11) is 0. The van der Waals surface area contributed by atoms with Gasteiger partial charge in [-0.15, -0.1) is 0 Å². The Morgan fingerprint density at radius 2 is 0.906 bits per heavy atom. The molecule has 0 radical (unpaired) electrons. The Balaban J connectivity index is 2.18. The minimum Gasteiger partial charge on any atom is -0.0772 e. The molecule has 164 valence electrons. The highest BCUT2D eigenvalue weighted by atomic mass is 14.4. The van der Waals surface area contributed by atoms with E-state index < -0.39 is 0 Å². The van der Waals surface area contributed by atoms with Gasteiger partial charge in [0.15, 0.2) is 0 Å². The Kier molecular flexibility index (Phi) is 5.99. The summed E-state index contributed by atoms with van der Waals surface area (Å²) >= 11 is 0. The van der Waals surface area contributed by atoms with Gasteiger partial charge in [-0.3, -0.25) is 0 Å². The molecule has 0 atom stereocenters. The van der Waals surface area contributed by atoms with Gasteiger partial charge >= 0.3 is 0 Å². The highest BCUT2D eigenvalue weighted by molar-refractivity contribution is 5.63. The lowest BCUT2D eigenvalue weighted by atomic mass is 9.63. The predicted octanol–water partition coefficient (Wildman–Crippen LogP) is 8.54. The fourth-order valence-electron chi connectivity index (χ4n) is 5.72. The molecule has 1 aliphatic rings. The quantitative estimate of drug-likeness (QED) is 0.363. The van der Waals surface area contributed by atoms with E-state index in [9.17, 15) is 0 Å². The van der Waals surface area contributed by atoms with Gasteiger partial charge in [-0.05, 0) is 76.6 Å². The summed E-state index contributed by atoms with van der Waals surface area (Å²) in [6, 6.07) is 21.3. The van der Waals surface area contributed by atoms with Gasteiger partial charge in [0.1, 0.15) is 0 Å². The molecule has 4 rings (SSSR count). The molecule has 0 heterocycles. The summed E-state index contributed by atoms with van der Waals surface area (Å²) < 4.78 is 0. The molecule has 0 aromatic heterocycles. The van der Waals surface area contributed by atoms with Crippen molar-refractivity contribution in [2.45, 2.75) is 66.7 Å². The average molecular weight is 421 g/mol. The standard InChI is InChI=1S/C32H36/c1-8-27-9-10-28(20-27)32(29-14-21(2)11-22(3)15-29,30-16-23(4)12-24(5)17-30)31-18-25(6)13-26(7)19-31/h9,11-20H,8,10H2,1-7H3. The third kappa shape index (κ3) is 3.99. The molecule has 0 unspecified atom stereocenters. The van der Waals surface area contributed by atoms with E-state index in [0.29, 0.717) is 0 Å². The van der Waals surface area contributed by atoms with Crippen molar-refractivity contribution in [1.29, 1.82) is 0 Å². The lowest BCUT2D eigenvalue weighted by Crippen LogP contribution is -2.32. The van der Waals surface area contributed by atoms with Gasteiger partial charge in [-0.25, -0.2) is 0 Å². The predicted molar refractivity (Wildman–Crippen MR) is 139 cm³/mol. The second-order valence-electron chi connectivity index (χ2n) is 9.89. The largest absolute Gasteiger partial charge is 0.0772 e. The molecule has 32 heavy (non-hydrogen) atoms. The lowest BCUT2D eigenvalue weighted by molar-refractivity contribution is 0.706. The molecule has 0 spiro atoms. The molecular weight excluding hydrogens is 384 g/mol. The zero-order chi connectivity index (χ0) is 23.0. The maximum atomic E-state index is 2.48. The maximum Gasteiger partial charge on any atom is 0.0668 e. The lowest BCUT2D eigenvalue weighted by Gasteiger charge is -2.39. The highest BCUT2D eigenvalue weighted by Crippen LogP contribution is 2.50. The molecule has 0 nitrogen and oxygen atoms in total. The molecule has 0 bridgehead atoms. The molecule has 0 amide bonds. The summed E-state index contributed by atoms with van der Waals surface area (Å²) in [5, 5.41) is 0. The second kappa shape index (κ2) is 8.58. The summed E-state index contributed by atoms with van der Waals surface area (Å²) in [6.45, 7) is 15.6. The van der Waals surface area contributed by atoms with Crippen LogP contribution in [0.2, 0.25) is 0 Å². The molecule has 0 heteroatoms. The van der Waals surface area contributed by atoms with Crippen molar-refractivity contribution in [3.63, 3.8) is 0 Å². The number of rotatable bonds is 5. The zero-order valence-corrected chi connectivity index (χ0v) is 20.8. The van der Waals surface area contributed by atoms with Crippen molar-refractivity contribution in [3.8, 4) is 0 Å². The van der Waals surface area contributed by atoms with Crippen LogP contribution in [0.4, 0.5) is 0 Å². The summed E-state index contributed by atoms with van der Waals surface area (Å²) in [4.78, 5) is 0. The van der Waals surface area contributed by atoms with E-state index in [0.717, 1.165) is 12.8 Å². The van der Waals surface area contributed by atoms with E-state index >= 15 is 0 Å². The smallest absolute Gasteiger partial charge is 0.0668 e. The molecule has 0 saturated heterocycles. The van der Waals surface area contributed by atoms with Crippen LogP contribution in [0, 0.1) is 41.5 Å². The van der Waals surface area contributed by atoms with Gasteiger partial charge in [0.2, 0.25) is 0 Å². The summed E-state index contributed by atoms with van der Waals surface area (Å²) in [5.41, 5.74) is 14.7. The van der Waals surface area contributed by atoms with Gasteiger partial charge in [0.05, 0.1) is 5.41 Å². The third-order valence-corrected chi connectivity index (χ3v) is 6.80. The van der Waals surface area contributed by atoms with Crippen LogP contribution in [0.3, 0.4) is 0 Å². The van der Waals surface area contributed by atoms with E-state index in [1.54, 1.807) is 0 Å². The van der Waals surface area contributed by atoms with Crippen molar-refractivity contribution >= 4 is 0 Å². The number of aryl methyl sites for hydroxylation is 6. The average Bonchev–Trinajstić information content (AvgIpc) is 3.16. The molecular formula is C32H36. The number of hydrogen-bond acceptors (Lipinski definition) is 0. The molecule has 0 N–H and O–H groups in total. The van der Waals surface area contributed by atoms with Crippen LogP contribution >= 0.6 is 0 Å². The second-order valence-corrected chi connectivity index (χ2v) is 9.89. The van der Waals surface area contributed by atoms with Crippen LogP contribution in [-0.2, 0) is 5.41 Å². The van der Waals surface area contributed by atoms with E-state index in [4.69, 9.17) is 0 Å². The van der Waals surface area contributed by atoms with Gasteiger partial charge < -0.3 is 0 Å². The Morgan fingerprint density at radius 3 is 1.19 bits per heavy atom. The molecule has 0 saturated carbocycles. The van der Waals surface area contributed by atoms with Crippen molar-refractivity contribution in [1.82, 2.24) is 0 Å². The van der Waals surface area contributed by atoms with Gasteiger partial charge in [0, 0.05) is 0 Å². The normalized spacial score (nSPS) is 13.8. The first-order valence-corrected chi connectivity index (χ1v) is 11.9. The topological polar surface area (TPSA) is 0 Å². The van der Waals surface area contributed by atoms with Crippen LogP contribution < -0.4 is 0 Å². The molecule has 3 aromatic carbocycles. The molecule has 0 fully saturated rings. The fraction of sp³-hybridized carbons (Fsp3) is 0.312. The highest BCUT2D eigenvalue weighted by Gasteiger charge is 2.41.